The van der Waals surface area contributed by atoms with E-state index in [-0.39, 0.29) is 16.7 Å². The number of nitrogens with zero attached hydrogens (tertiary/aromatic N) is 6. The number of carbonyl (C=O) groups excluding carboxylic acids is 1. The first-order valence-electron chi connectivity index (χ1n) is 10.2. The number of rotatable bonds is 6. The number of aliphatic hydroxyl groups is 5. The van der Waals surface area contributed by atoms with E-state index in [1.807, 2.05) is 0 Å². The molecule has 1 aliphatic rings. The van der Waals surface area contributed by atoms with E-state index in [9.17, 15) is 43.5 Å². The largest absolute Gasteiger partial charge is 0.416 e. The number of benzene rings is 1. The molecule has 1 saturated heterocycles. The van der Waals surface area contributed by atoms with Gasteiger partial charge in [-0.05, 0) is 37.3 Å². The quantitative estimate of drug-likeness (QED) is 0.252. The van der Waals surface area contributed by atoms with Crippen molar-refractivity contribution in [2.24, 2.45) is 0 Å². The number of hydrogen-bond donors (Lipinski definition) is 6. The number of halogens is 3. The molecule has 192 valence electrons. The summed E-state index contributed by atoms with van der Waals surface area (Å²) >= 11 is 0. The number of urea groups is 1. The molecule has 1 fully saturated rings. The van der Waals surface area contributed by atoms with E-state index in [1.54, 1.807) is 13.1 Å². The zero-order valence-corrected chi connectivity index (χ0v) is 18.4. The van der Waals surface area contributed by atoms with Gasteiger partial charge in [0.15, 0.2) is 0 Å². The molecule has 2 amide bonds. The van der Waals surface area contributed by atoms with Gasteiger partial charge in [0, 0.05) is 18.1 Å². The summed E-state index contributed by atoms with van der Waals surface area (Å²) in [6.45, 7) is 0.821. The Morgan fingerprint density at radius 3 is 2.33 bits per heavy atom. The molecule has 4 rings (SSSR count). The monoisotopic (exact) mass is 511 g/mol. The van der Waals surface area contributed by atoms with Gasteiger partial charge in [-0.3, -0.25) is 4.90 Å². The van der Waals surface area contributed by atoms with Crippen molar-refractivity contribution in [3.05, 3.63) is 60.3 Å². The molecule has 3 heterocycles. The van der Waals surface area contributed by atoms with Crippen molar-refractivity contribution in [2.75, 3.05) is 16.8 Å². The summed E-state index contributed by atoms with van der Waals surface area (Å²) in [5, 5.41) is 50.6. The van der Waals surface area contributed by atoms with E-state index in [0.29, 0.717) is 16.3 Å². The van der Waals surface area contributed by atoms with Crippen LogP contribution in [0, 0.1) is 0 Å². The van der Waals surface area contributed by atoms with Crippen LogP contribution in [0.2, 0.25) is 0 Å². The Bertz CT molecular complexity index is 1260. The third-order valence-corrected chi connectivity index (χ3v) is 5.25. The molecule has 13 nitrogen and oxygen atoms in total. The number of carbonyl (C=O) groups is 1. The molecule has 6 N–H and O–H groups in total. The molecule has 1 aromatic carbocycles. The van der Waals surface area contributed by atoms with Crippen molar-refractivity contribution >= 4 is 17.8 Å². The zero-order chi connectivity index (χ0) is 26.5. The molecule has 16 heteroatoms. The predicted molar refractivity (Wildman–Crippen MR) is 114 cm³/mol. The Labute approximate surface area is 200 Å². The number of imidazole rings is 1. The van der Waals surface area contributed by atoms with E-state index < -0.39 is 42.4 Å². The molecule has 2 aromatic heterocycles. The summed E-state index contributed by atoms with van der Waals surface area (Å²) in [4.78, 5) is 25.1. The number of amides is 2. The lowest BCUT2D eigenvalue weighted by Crippen LogP contribution is -2.60. The van der Waals surface area contributed by atoms with Gasteiger partial charge >= 0.3 is 18.3 Å². The molecule has 0 spiro atoms. The van der Waals surface area contributed by atoms with Gasteiger partial charge in [-0.1, -0.05) is 0 Å². The molecule has 0 saturated carbocycles. The molecule has 1 aliphatic heterocycles. The number of hydrogen-bond acceptors (Lipinski definition) is 10. The lowest BCUT2D eigenvalue weighted by molar-refractivity contribution is -0.433. The SMILES string of the molecule is CC(Nc1nccc(N2CC(O)(O)N(C(O)(O)O)C2=O)n1)c1cn(-c2ccc(C(F)(F)F)cc2)cn1. The molecular formula is C20H20F3N7O6. The van der Waals surface area contributed by atoms with Crippen molar-refractivity contribution in [3.8, 4) is 5.69 Å². The van der Waals surface area contributed by atoms with E-state index >= 15 is 0 Å². The van der Waals surface area contributed by atoms with Crippen molar-refractivity contribution in [1.82, 2.24) is 24.4 Å². The van der Waals surface area contributed by atoms with Crippen LogP contribution in [0.15, 0.2) is 49.1 Å². The predicted octanol–water partition coefficient (Wildman–Crippen LogP) is 0.323. The molecule has 0 bridgehead atoms. The minimum Gasteiger partial charge on any atom is -0.347 e. The second-order valence-corrected chi connectivity index (χ2v) is 7.93. The standard InChI is InChI=1S/C20H20F3N7O6/c1-11(14-8-28(10-25-14)13-4-2-12(3-5-13)19(21,22)23)26-16-24-7-6-15(27-16)29-9-18(32,33)30(17(29)31)20(34,35)36/h2-8,10-11,32-36H,9H2,1H3,(H,24,26,27). The lowest BCUT2D eigenvalue weighted by atomic mass is 10.2. The fourth-order valence-corrected chi connectivity index (χ4v) is 3.53. The van der Waals surface area contributed by atoms with Gasteiger partial charge in [-0.2, -0.15) is 23.1 Å². The van der Waals surface area contributed by atoms with E-state index in [4.69, 9.17) is 0 Å². The van der Waals surface area contributed by atoms with Gasteiger partial charge in [0.1, 0.15) is 12.4 Å². The first-order valence-corrected chi connectivity index (χ1v) is 10.2. The fourth-order valence-electron chi connectivity index (χ4n) is 3.53. The maximum atomic E-state index is 12.8. The van der Waals surface area contributed by atoms with Crippen LogP contribution in [0.4, 0.5) is 29.7 Å². The van der Waals surface area contributed by atoms with Crippen LogP contribution in [0.1, 0.15) is 24.2 Å². The lowest BCUT2D eigenvalue weighted by Gasteiger charge is -2.31. The topological polar surface area (TPSA) is 180 Å². The maximum Gasteiger partial charge on any atom is 0.416 e. The highest BCUT2D eigenvalue weighted by atomic mass is 19.4. The summed E-state index contributed by atoms with van der Waals surface area (Å²) in [7, 11) is 0. The van der Waals surface area contributed by atoms with Crippen LogP contribution in [-0.4, -0.2) is 74.5 Å². The molecule has 1 atom stereocenters. The highest BCUT2D eigenvalue weighted by molar-refractivity contribution is 5.94. The van der Waals surface area contributed by atoms with Crippen LogP contribution in [0.3, 0.4) is 0 Å². The number of nitrogens with one attached hydrogen (secondary N) is 1. The number of β-amino-alcohol motifs (C(OH)–C–C–N with tert-alkyl or cyclic N) is 2. The Morgan fingerprint density at radius 1 is 1.08 bits per heavy atom. The first kappa shape index (κ1) is 25.3. The highest BCUT2D eigenvalue weighted by Crippen LogP contribution is 2.31. The van der Waals surface area contributed by atoms with Crippen LogP contribution < -0.4 is 10.2 Å². The van der Waals surface area contributed by atoms with Gasteiger partial charge in [-0.25, -0.2) is 14.8 Å². The molecular weight excluding hydrogens is 491 g/mol. The summed E-state index contributed by atoms with van der Waals surface area (Å²) in [5.41, 5.74) is 0.150. The van der Waals surface area contributed by atoms with E-state index in [1.165, 1.54) is 35.3 Å². The smallest absolute Gasteiger partial charge is 0.347 e. The summed E-state index contributed by atoms with van der Waals surface area (Å²) in [6, 6.07) is 3.88. The van der Waals surface area contributed by atoms with E-state index in [2.05, 4.69) is 20.3 Å². The summed E-state index contributed by atoms with van der Waals surface area (Å²) < 4.78 is 39.9. The van der Waals surface area contributed by atoms with Crippen LogP contribution >= 0.6 is 0 Å². The Balaban J connectivity index is 1.49. The fraction of sp³-hybridized carbons (Fsp3) is 0.300. The zero-order valence-electron chi connectivity index (χ0n) is 18.4. The second-order valence-electron chi connectivity index (χ2n) is 7.93. The number of aromatic nitrogens is 4. The van der Waals surface area contributed by atoms with Crippen LogP contribution in [0.25, 0.3) is 5.69 Å². The first-order chi connectivity index (χ1) is 16.7. The Morgan fingerprint density at radius 2 is 1.75 bits per heavy atom. The average molecular weight is 511 g/mol. The third-order valence-electron chi connectivity index (χ3n) is 5.25. The van der Waals surface area contributed by atoms with Crippen molar-refractivity contribution in [2.45, 2.75) is 31.2 Å². The maximum absolute atomic E-state index is 12.8. The molecule has 0 radical (unpaired) electrons. The van der Waals surface area contributed by atoms with Gasteiger partial charge in [-0.15, -0.1) is 0 Å². The van der Waals surface area contributed by atoms with Crippen molar-refractivity contribution in [1.29, 1.82) is 0 Å². The highest BCUT2D eigenvalue weighted by Gasteiger charge is 2.57. The Hall–Kier alpha value is -3.83. The molecule has 3 aromatic rings. The third kappa shape index (κ3) is 4.93. The minimum atomic E-state index is -4.45. The second kappa shape index (κ2) is 8.68. The minimum absolute atomic E-state index is 0.0138. The van der Waals surface area contributed by atoms with Crippen molar-refractivity contribution < 1.29 is 43.5 Å². The summed E-state index contributed by atoms with van der Waals surface area (Å²) in [5.74, 6) is -3.29. The molecule has 1 unspecified atom stereocenters. The molecule has 36 heavy (non-hydrogen) atoms. The van der Waals surface area contributed by atoms with Crippen LogP contribution in [0.5, 0.6) is 0 Å². The van der Waals surface area contributed by atoms with Gasteiger partial charge in [0.25, 0.3) is 5.91 Å². The Kier molecular flexibility index (Phi) is 6.09. The van der Waals surface area contributed by atoms with Crippen LogP contribution in [-0.2, 0) is 6.18 Å². The number of anilines is 2. The van der Waals surface area contributed by atoms with Crippen molar-refractivity contribution in [3.63, 3.8) is 0 Å². The normalized spacial score (nSPS) is 17.0. The van der Waals surface area contributed by atoms with Gasteiger partial charge in [0.05, 0.1) is 23.6 Å². The summed E-state index contributed by atoms with van der Waals surface area (Å²) in [6.07, 6.45) is -4.05. The van der Waals surface area contributed by atoms with Gasteiger partial charge in [0.2, 0.25) is 5.95 Å². The number of alkyl halides is 3. The molecule has 0 aliphatic carbocycles. The van der Waals surface area contributed by atoms with E-state index in [0.717, 1.165) is 12.1 Å². The average Bonchev–Trinajstić information content (AvgIpc) is 3.35. The van der Waals surface area contributed by atoms with Gasteiger partial charge < -0.3 is 35.4 Å².